The molecule has 162 valence electrons. The number of hydrogen-bond donors (Lipinski definition) is 10. The molecule has 0 aliphatic rings. The van der Waals surface area contributed by atoms with Gasteiger partial charge in [-0.2, -0.15) is 0 Å². The van der Waals surface area contributed by atoms with Gasteiger partial charge in [-0.1, -0.05) is 0 Å². The van der Waals surface area contributed by atoms with Crippen LogP contribution in [0.4, 0.5) is 0 Å². The molecule has 0 aliphatic heterocycles. The molecular weight excluding hydrogens is 376 g/mol. The van der Waals surface area contributed by atoms with Crippen LogP contribution >= 0.6 is 0 Å². The third-order valence-corrected chi connectivity index (χ3v) is 2.55. The van der Waals surface area contributed by atoms with Crippen LogP contribution in [0.1, 0.15) is 34.6 Å². The topological polar surface area (TPSA) is 237 Å². The summed E-state index contributed by atoms with van der Waals surface area (Å²) in [5.74, 6) is 0. The van der Waals surface area contributed by atoms with Gasteiger partial charge in [-0.15, -0.1) is 0 Å². The van der Waals surface area contributed by atoms with Crippen molar-refractivity contribution in [2.24, 2.45) is 34.4 Å². The summed E-state index contributed by atoms with van der Waals surface area (Å²) < 4.78 is 0. The average molecular weight is 420 g/mol. The molecule has 0 saturated heterocycles. The number of aliphatic hydroxyl groups is 4. The first-order valence-corrected chi connectivity index (χ1v) is 8.37. The molecule has 0 rings (SSSR count). The molecule has 11 heteroatoms. The van der Waals surface area contributed by atoms with Crippen LogP contribution in [0, 0.1) is 0 Å². The second-order valence-corrected chi connectivity index (χ2v) is 6.08. The van der Waals surface area contributed by atoms with Crippen LogP contribution < -0.4 is 34.4 Å². The van der Waals surface area contributed by atoms with E-state index in [0.29, 0.717) is 0 Å². The number of aliphatic hydroxyl groups excluding tert-OH is 4. The van der Waals surface area contributed by atoms with Crippen molar-refractivity contribution >= 4 is 0 Å². The Labute approximate surface area is 173 Å². The zero-order valence-electron chi connectivity index (χ0n) is 16.9. The molecule has 0 amide bonds. The van der Waals surface area contributed by atoms with Gasteiger partial charge in [0, 0.05) is 65.6 Å². The summed E-state index contributed by atoms with van der Waals surface area (Å²) in [6.45, 7) is 9.35. The zero-order chi connectivity index (χ0) is 21.2. The third kappa shape index (κ3) is 39.4. The van der Waals surface area contributed by atoms with Gasteiger partial charge in [0.2, 0.25) is 0 Å². The Morgan fingerprint density at radius 3 is 0.654 bits per heavy atom. The molecule has 10 nitrogen and oxygen atoms in total. The minimum absolute atomic E-state index is 0. The maximum atomic E-state index is 8.69. The van der Waals surface area contributed by atoms with E-state index in [1.807, 2.05) is 0 Å². The molecule has 0 heterocycles. The second kappa shape index (κ2) is 25.3. The molecule has 6 atom stereocenters. The molecule has 0 aromatic rings. The van der Waals surface area contributed by atoms with E-state index < -0.39 is 18.3 Å². The maximum absolute atomic E-state index is 8.69. The van der Waals surface area contributed by atoms with Crippen molar-refractivity contribution in [2.75, 3.05) is 19.6 Å². The van der Waals surface area contributed by atoms with Crippen LogP contribution in [0.2, 0.25) is 0 Å². The minimum atomic E-state index is -0.542. The van der Waals surface area contributed by atoms with Gasteiger partial charge in [0.05, 0.1) is 18.3 Å². The summed E-state index contributed by atoms with van der Waals surface area (Å²) >= 11 is 0. The Morgan fingerprint density at radius 2 is 0.654 bits per heavy atom. The molecule has 16 N–H and O–H groups in total. The molecule has 0 radical (unpaired) electrons. The molecule has 0 bridgehead atoms. The fourth-order valence-corrected chi connectivity index (χ4v) is 0.644. The van der Waals surface area contributed by atoms with Gasteiger partial charge in [-0.3, -0.25) is 0 Å². The fraction of sp³-hybridized carbons (Fsp3) is 1.00. The molecule has 6 unspecified atom stereocenters. The van der Waals surface area contributed by atoms with E-state index in [0.717, 1.165) is 0 Å². The average Bonchev–Trinajstić information content (AvgIpc) is 2.52. The van der Waals surface area contributed by atoms with Crippen molar-refractivity contribution in [3.8, 4) is 0 Å². The van der Waals surface area contributed by atoms with Crippen molar-refractivity contribution in [1.82, 2.24) is 0 Å². The van der Waals surface area contributed by atoms with Gasteiger partial charge in [0.15, 0.2) is 0 Å². The van der Waals surface area contributed by atoms with Crippen molar-refractivity contribution < 1.29 is 42.1 Å². The largest absolute Gasteiger partial charge is 0.394 e. The first-order valence-electron chi connectivity index (χ1n) is 8.37. The number of rotatable bonds is 6. The summed E-state index contributed by atoms with van der Waals surface area (Å²) in [4.78, 5) is 0. The van der Waals surface area contributed by atoms with Crippen LogP contribution in [0.3, 0.4) is 0 Å². The Balaban J connectivity index is -0.0000000759. The molecule has 0 fully saturated rings. The van der Waals surface area contributed by atoms with Gasteiger partial charge in [-0.25, -0.2) is 0 Å². The van der Waals surface area contributed by atoms with Gasteiger partial charge in [0.25, 0.3) is 0 Å². The molecule has 26 heavy (non-hydrogen) atoms. The quantitative estimate of drug-likeness (QED) is 0.189. The van der Waals surface area contributed by atoms with Crippen LogP contribution in [0.5, 0.6) is 0 Å². The molecule has 0 saturated carbocycles. The van der Waals surface area contributed by atoms with Crippen LogP contribution in [-0.4, -0.2) is 82.6 Å². The predicted octanol–water partition coefficient (Wildman–Crippen LogP) is -3.66. The van der Waals surface area contributed by atoms with Crippen LogP contribution in [0.25, 0.3) is 0 Å². The molecule has 0 spiro atoms. The van der Waals surface area contributed by atoms with E-state index in [-0.39, 0.29) is 65.6 Å². The van der Waals surface area contributed by atoms with E-state index >= 15 is 0 Å². The van der Waals surface area contributed by atoms with Gasteiger partial charge in [0.1, 0.15) is 0 Å². The predicted molar refractivity (Wildman–Crippen MR) is 103 cm³/mol. The van der Waals surface area contributed by atoms with Crippen LogP contribution in [0.15, 0.2) is 0 Å². The molecule has 0 aromatic heterocycles. The van der Waals surface area contributed by atoms with Crippen molar-refractivity contribution in [3.63, 3.8) is 0 Å². The number of hydrogen-bond acceptors (Lipinski definition) is 10. The van der Waals surface area contributed by atoms with E-state index in [4.69, 9.17) is 54.8 Å². The van der Waals surface area contributed by atoms with Crippen LogP contribution in [-0.2, 0) is 21.7 Å². The SMILES string of the molecule is CC(C)O.CC(N)C(O)CN.CC(N)C(O)CN.CC(N)C(O)CN.[Ti]. The van der Waals surface area contributed by atoms with Gasteiger partial charge >= 0.3 is 0 Å². The van der Waals surface area contributed by atoms with E-state index in [1.165, 1.54) is 0 Å². The summed E-state index contributed by atoms with van der Waals surface area (Å²) in [6, 6.07) is -0.611. The summed E-state index contributed by atoms with van der Waals surface area (Å²) in [5.41, 5.74) is 30.8. The van der Waals surface area contributed by atoms with Crippen molar-refractivity contribution in [1.29, 1.82) is 0 Å². The molecule has 0 aromatic carbocycles. The first-order chi connectivity index (χ1) is 11.3. The van der Waals surface area contributed by atoms with Gasteiger partial charge < -0.3 is 54.8 Å². The second-order valence-electron chi connectivity index (χ2n) is 6.08. The first kappa shape index (κ1) is 37.1. The Kier molecular flexibility index (Phi) is 36.1. The van der Waals surface area contributed by atoms with E-state index in [2.05, 4.69) is 0 Å². The fourth-order valence-electron chi connectivity index (χ4n) is 0.644. The Bertz CT molecular complexity index is 216. The zero-order valence-corrected chi connectivity index (χ0v) is 18.5. The molecule has 0 aliphatic carbocycles. The third-order valence-electron chi connectivity index (χ3n) is 2.55. The summed E-state index contributed by atoms with van der Waals surface area (Å²) in [6.07, 6.45) is -1.79. The Morgan fingerprint density at radius 1 is 0.538 bits per heavy atom. The van der Waals surface area contributed by atoms with E-state index in [1.54, 1.807) is 34.6 Å². The normalized spacial score (nSPS) is 16.6. The van der Waals surface area contributed by atoms with Crippen molar-refractivity contribution in [3.05, 3.63) is 0 Å². The Hall–Kier alpha value is 0.314. The standard InChI is InChI=1S/3C4H12N2O.C3H8O.Ti/c3*1-3(6)4(7)2-5;1-3(2)4;/h3*3-4,7H,2,5-6H2,1H3;3-4H,1-2H3;. The van der Waals surface area contributed by atoms with Gasteiger partial charge in [-0.05, 0) is 34.6 Å². The minimum Gasteiger partial charge on any atom is -0.394 e. The van der Waals surface area contributed by atoms with Crippen molar-refractivity contribution in [2.45, 2.75) is 77.2 Å². The monoisotopic (exact) mass is 420 g/mol. The number of nitrogens with two attached hydrogens (primary N) is 6. The summed E-state index contributed by atoms with van der Waals surface area (Å²) in [5, 5.41) is 34.1. The maximum Gasteiger partial charge on any atom is 0.0810 e. The smallest absolute Gasteiger partial charge is 0.0810 e. The van der Waals surface area contributed by atoms with E-state index in [9.17, 15) is 0 Å². The molecular formula is C15H44N6O4Ti. The summed E-state index contributed by atoms with van der Waals surface area (Å²) in [7, 11) is 0.